The van der Waals surface area contributed by atoms with E-state index < -0.39 is 6.10 Å². The van der Waals surface area contributed by atoms with Gasteiger partial charge in [-0.15, -0.1) is 0 Å². The molecule has 0 aromatic carbocycles. The Morgan fingerprint density at radius 1 is 0.253 bits per heavy atom. The summed E-state index contributed by atoms with van der Waals surface area (Å²) < 4.78 is 17.0. The molecule has 0 amide bonds. The predicted octanol–water partition coefficient (Wildman–Crippen LogP) is 25.0. The highest BCUT2D eigenvalue weighted by Crippen LogP contribution is 2.17. The number of carbonyl (C=O) groups is 3. The molecule has 0 radical (unpaired) electrons. The van der Waals surface area contributed by atoms with Gasteiger partial charge in [-0.05, 0) is 116 Å². The largest absolute Gasteiger partial charge is 0.462 e. The summed E-state index contributed by atoms with van der Waals surface area (Å²) in [6.45, 7) is 6.56. The third kappa shape index (κ3) is 69.3. The summed E-state index contributed by atoms with van der Waals surface area (Å²) in [6.07, 6.45) is 94.6. The van der Waals surface area contributed by atoms with Crippen LogP contribution in [0.25, 0.3) is 0 Å². The van der Waals surface area contributed by atoms with E-state index in [1.807, 2.05) is 0 Å². The Kier molecular flexibility index (Phi) is 68.2. The smallest absolute Gasteiger partial charge is 0.306 e. The van der Waals surface area contributed by atoms with Crippen LogP contribution >= 0.6 is 0 Å². The fraction of sp³-hybridized carbons (Fsp3) is 0.779. The van der Waals surface area contributed by atoms with E-state index in [-0.39, 0.29) is 31.1 Å². The molecule has 0 aromatic rings. The summed E-state index contributed by atoms with van der Waals surface area (Å²) >= 11 is 0. The Labute approximate surface area is 515 Å². The number of ether oxygens (including phenoxy) is 3. The van der Waals surface area contributed by atoms with Crippen LogP contribution in [0.2, 0.25) is 0 Å². The number of rotatable bonds is 66. The number of esters is 3. The van der Waals surface area contributed by atoms with E-state index in [2.05, 4.69) is 106 Å². The van der Waals surface area contributed by atoms with Gasteiger partial charge < -0.3 is 14.2 Å². The Bertz CT molecular complexity index is 1570. The summed E-state index contributed by atoms with van der Waals surface area (Å²) in [6, 6.07) is 0. The van der Waals surface area contributed by atoms with Gasteiger partial charge in [0.2, 0.25) is 0 Å². The van der Waals surface area contributed by atoms with E-state index in [0.717, 1.165) is 96.3 Å². The minimum atomic E-state index is -0.786. The van der Waals surface area contributed by atoms with Crippen LogP contribution in [-0.4, -0.2) is 37.2 Å². The fourth-order valence-electron chi connectivity index (χ4n) is 10.5. The zero-order valence-electron chi connectivity index (χ0n) is 55.2. The van der Waals surface area contributed by atoms with E-state index in [1.165, 1.54) is 231 Å². The molecule has 0 rings (SSSR count). The first-order valence-corrected chi connectivity index (χ1v) is 36.1. The number of allylic oxidation sites excluding steroid dienone is 14. The molecule has 0 aliphatic rings. The predicted molar refractivity (Wildman–Crippen MR) is 362 cm³/mol. The highest BCUT2D eigenvalue weighted by Gasteiger charge is 2.19. The first kappa shape index (κ1) is 79.6. The van der Waals surface area contributed by atoms with E-state index in [0.29, 0.717) is 19.3 Å². The Hall–Kier alpha value is -3.41. The number of hydrogen-bond donors (Lipinski definition) is 0. The molecule has 0 fully saturated rings. The summed E-state index contributed by atoms with van der Waals surface area (Å²) in [5, 5.41) is 0. The van der Waals surface area contributed by atoms with Gasteiger partial charge in [-0.2, -0.15) is 0 Å². The fourth-order valence-corrected chi connectivity index (χ4v) is 10.5. The Morgan fingerprint density at radius 3 is 0.747 bits per heavy atom. The summed E-state index contributed by atoms with van der Waals surface area (Å²) in [5.41, 5.74) is 0. The molecule has 6 nitrogen and oxygen atoms in total. The monoisotopic (exact) mass is 1160 g/mol. The van der Waals surface area contributed by atoms with Gasteiger partial charge in [0.05, 0.1) is 0 Å². The lowest BCUT2D eigenvalue weighted by Gasteiger charge is -2.18. The first-order valence-electron chi connectivity index (χ1n) is 36.1. The molecule has 6 heteroatoms. The van der Waals surface area contributed by atoms with Crippen LogP contribution in [0.15, 0.2) is 85.1 Å². The van der Waals surface area contributed by atoms with E-state index in [9.17, 15) is 14.4 Å². The average molecular weight is 1160 g/mol. The maximum atomic E-state index is 13.0. The molecular formula is C77H136O6. The molecule has 1 unspecified atom stereocenters. The molecule has 0 aromatic heterocycles. The zero-order chi connectivity index (χ0) is 59.9. The molecule has 0 saturated heterocycles. The molecule has 0 bridgehead atoms. The third-order valence-corrected chi connectivity index (χ3v) is 15.9. The quantitative estimate of drug-likeness (QED) is 0.0261. The van der Waals surface area contributed by atoms with Crippen molar-refractivity contribution in [2.45, 2.75) is 374 Å². The maximum absolute atomic E-state index is 13.0. The topological polar surface area (TPSA) is 78.9 Å². The van der Waals surface area contributed by atoms with Gasteiger partial charge in [0, 0.05) is 19.3 Å². The maximum Gasteiger partial charge on any atom is 0.306 e. The lowest BCUT2D eigenvalue weighted by molar-refractivity contribution is -0.167. The highest BCUT2D eigenvalue weighted by molar-refractivity contribution is 5.71. The second kappa shape index (κ2) is 71.1. The van der Waals surface area contributed by atoms with Crippen LogP contribution in [0.3, 0.4) is 0 Å². The third-order valence-electron chi connectivity index (χ3n) is 15.9. The second-order valence-corrected chi connectivity index (χ2v) is 24.1. The molecule has 0 saturated carbocycles. The van der Waals surface area contributed by atoms with E-state index in [4.69, 9.17) is 14.2 Å². The molecule has 0 heterocycles. The van der Waals surface area contributed by atoms with Gasteiger partial charge in [0.25, 0.3) is 0 Å². The van der Waals surface area contributed by atoms with Crippen molar-refractivity contribution in [2.24, 2.45) is 0 Å². The molecule has 1 atom stereocenters. The number of carbonyl (C=O) groups excluding carboxylic acids is 3. The number of unbranched alkanes of at least 4 members (excludes halogenated alkanes) is 41. The van der Waals surface area contributed by atoms with Gasteiger partial charge in [-0.3, -0.25) is 14.4 Å². The zero-order valence-corrected chi connectivity index (χ0v) is 55.2. The molecule has 0 aliphatic carbocycles. The molecular weight excluding hydrogens is 1020 g/mol. The van der Waals surface area contributed by atoms with Gasteiger partial charge in [-0.1, -0.05) is 318 Å². The van der Waals surface area contributed by atoms with Gasteiger partial charge in [0.1, 0.15) is 13.2 Å². The van der Waals surface area contributed by atoms with Crippen molar-refractivity contribution in [1.29, 1.82) is 0 Å². The standard InChI is InChI=1S/C77H136O6/c1-4-7-10-13-16-19-22-25-28-31-34-37-38-41-43-46-49-52-55-58-61-64-67-70-76(79)82-73-74(83-77(80)71-68-65-62-59-56-53-50-47-44-40-36-33-30-27-24-21-18-15-12-9-6-3)72-81-75(78)69-66-63-60-57-54-51-48-45-42-39-35-32-29-26-23-20-17-14-11-8-5-2/h9,12,18,21,23,26-27,30-32,34-36,40,74H,4-8,10-11,13-17,19-20,22,24-25,28-29,33,37-39,41-73H2,1-3H3/b12-9-,21-18-,26-23-,30-27-,34-31-,35-32-,40-36-. The van der Waals surface area contributed by atoms with Crippen molar-refractivity contribution >= 4 is 17.9 Å². The van der Waals surface area contributed by atoms with Crippen molar-refractivity contribution in [2.75, 3.05) is 13.2 Å². The van der Waals surface area contributed by atoms with Crippen LogP contribution < -0.4 is 0 Å². The lowest BCUT2D eigenvalue weighted by Crippen LogP contribution is -2.30. The Balaban J connectivity index is 4.38. The van der Waals surface area contributed by atoms with Crippen LogP contribution in [-0.2, 0) is 28.6 Å². The normalized spacial score (nSPS) is 12.6. The number of hydrogen-bond acceptors (Lipinski definition) is 6. The van der Waals surface area contributed by atoms with E-state index in [1.54, 1.807) is 0 Å². The molecule has 0 N–H and O–H groups in total. The Morgan fingerprint density at radius 2 is 0.470 bits per heavy atom. The highest BCUT2D eigenvalue weighted by atomic mass is 16.6. The molecule has 83 heavy (non-hydrogen) atoms. The van der Waals surface area contributed by atoms with Crippen molar-refractivity contribution in [3.8, 4) is 0 Å². The summed E-state index contributed by atoms with van der Waals surface area (Å²) in [5.74, 6) is -0.873. The summed E-state index contributed by atoms with van der Waals surface area (Å²) in [7, 11) is 0. The van der Waals surface area contributed by atoms with Crippen LogP contribution in [0, 0.1) is 0 Å². The van der Waals surface area contributed by atoms with Crippen molar-refractivity contribution in [3.05, 3.63) is 85.1 Å². The van der Waals surface area contributed by atoms with Crippen LogP contribution in [0.5, 0.6) is 0 Å². The van der Waals surface area contributed by atoms with Crippen molar-refractivity contribution < 1.29 is 28.6 Å². The molecule has 0 aliphatic heterocycles. The van der Waals surface area contributed by atoms with Crippen molar-refractivity contribution in [1.82, 2.24) is 0 Å². The minimum absolute atomic E-state index is 0.0795. The minimum Gasteiger partial charge on any atom is -0.462 e. The summed E-state index contributed by atoms with van der Waals surface area (Å²) in [4.78, 5) is 38.5. The van der Waals surface area contributed by atoms with E-state index >= 15 is 0 Å². The second-order valence-electron chi connectivity index (χ2n) is 24.1. The molecule has 0 spiro atoms. The lowest BCUT2D eigenvalue weighted by atomic mass is 10.0. The SMILES string of the molecule is CC/C=C\C/C=C\C/C=C\C/C=C\CCCCCCCCCCC(=O)OC(COC(=O)CCCCCCCCCCC/C=C\C/C=C\CCCCCCC)COC(=O)CCCCCCCCCCCCC/C=C\CCCCCCCCCC. The van der Waals surface area contributed by atoms with Gasteiger partial charge >= 0.3 is 17.9 Å². The molecule has 480 valence electrons. The average Bonchev–Trinajstić information content (AvgIpc) is 3.49. The van der Waals surface area contributed by atoms with Crippen LogP contribution in [0.4, 0.5) is 0 Å². The first-order chi connectivity index (χ1) is 41.0. The van der Waals surface area contributed by atoms with Crippen molar-refractivity contribution in [3.63, 3.8) is 0 Å². The van der Waals surface area contributed by atoms with Gasteiger partial charge in [0.15, 0.2) is 6.10 Å². The van der Waals surface area contributed by atoms with Crippen LogP contribution in [0.1, 0.15) is 367 Å². The van der Waals surface area contributed by atoms with Gasteiger partial charge in [-0.25, -0.2) is 0 Å².